The van der Waals surface area contributed by atoms with E-state index >= 15 is 0 Å². The molecule has 0 aromatic heterocycles. The lowest BCUT2D eigenvalue weighted by Gasteiger charge is -2.24. The molecule has 0 saturated carbocycles. The van der Waals surface area contributed by atoms with Crippen molar-refractivity contribution >= 4 is 33.6 Å². The number of carboxylic acids is 1. The molecular weight excluding hydrogens is 350 g/mol. The van der Waals surface area contributed by atoms with Crippen molar-refractivity contribution in [3.8, 4) is 0 Å². The van der Waals surface area contributed by atoms with E-state index in [0.29, 0.717) is 19.4 Å². The molecule has 2 amide bonds. The van der Waals surface area contributed by atoms with Crippen molar-refractivity contribution < 1.29 is 23.5 Å². The van der Waals surface area contributed by atoms with Gasteiger partial charge in [-0.15, -0.1) is 0 Å². The number of halogens is 3. The average Bonchev–Trinajstić information content (AvgIpc) is 2.83. The molecule has 1 fully saturated rings. The lowest BCUT2D eigenvalue weighted by Crippen LogP contribution is -2.39. The molecule has 2 N–H and O–H groups in total. The lowest BCUT2D eigenvalue weighted by molar-refractivity contribution is -0.137. The van der Waals surface area contributed by atoms with Gasteiger partial charge >= 0.3 is 12.0 Å². The second-order valence-corrected chi connectivity index (χ2v) is 5.62. The second kappa shape index (κ2) is 6.38. The van der Waals surface area contributed by atoms with Gasteiger partial charge in [0.25, 0.3) is 0 Å². The molecule has 5 nitrogen and oxygen atoms in total. The Morgan fingerprint density at radius 1 is 1.38 bits per heavy atom. The van der Waals surface area contributed by atoms with Crippen molar-refractivity contribution in [3.63, 3.8) is 0 Å². The first kappa shape index (κ1) is 15.7. The quantitative estimate of drug-likeness (QED) is 0.811. The van der Waals surface area contributed by atoms with Gasteiger partial charge in [0.05, 0.1) is 16.6 Å². The number of rotatable bonds is 3. The number of urea groups is 1. The van der Waals surface area contributed by atoms with Gasteiger partial charge < -0.3 is 15.3 Å². The molecular formula is C13H13BrF2N2O3. The maximum absolute atomic E-state index is 13.7. The summed E-state index contributed by atoms with van der Waals surface area (Å²) in [7, 11) is 0. The Kier molecular flexibility index (Phi) is 4.76. The Labute approximate surface area is 128 Å². The number of aliphatic carboxylic acids is 1. The molecule has 0 aliphatic carbocycles. The monoisotopic (exact) mass is 362 g/mol. The van der Waals surface area contributed by atoms with Crippen molar-refractivity contribution in [2.45, 2.75) is 25.3 Å². The van der Waals surface area contributed by atoms with Crippen LogP contribution in [0.4, 0.5) is 19.3 Å². The number of carbonyl (C=O) groups excluding carboxylic acids is 1. The van der Waals surface area contributed by atoms with Gasteiger partial charge in [-0.3, -0.25) is 4.79 Å². The molecule has 1 aromatic carbocycles. The van der Waals surface area contributed by atoms with Gasteiger partial charge in [-0.1, -0.05) is 0 Å². The van der Waals surface area contributed by atoms with Crippen LogP contribution >= 0.6 is 15.9 Å². The van der Waals surface area contributed by atoms with Crippen LogP contribution in [-0.2, 0) is 4.79 Å². The molecule has 21 heavy (non-hydrogen) atoms. The second-order valence-electron chi connectivity index (χ2n) is 4.76. The summed E-state index contributed by atoms with van der Waals surface area (Å²) in [5, 5.41) is 11.1. The van der Waals surface area contributed by atoms with Gasteiger partial charge in [-0.25, -0.2) is 13.6 Å². The first-order valence-electron chi connectivity index (χ1n) is 6.32. The Bertz CT molecular complexity index is 583. The van der Waals surface area contributed by atoms with Crippen LogP contribution < -0.4 is 5.32 Å². The summed E-state index contributed by atoms with van der Waals surface area (Å²) in [6.07, 6.45) is 1.10. The number of benzene rings is 1. The molecule has 1 aliphatic heterocycles. The van der Waals surface area contributed by atoms with E-state index in [1.54, 1.807) is 0 Å². The molecule has 1 aromatic rings. The normalized spacial score (nSPS) is 17.9. The number of hydrogen-bond acceptors (Lipinski definition) is 2. The summed E-state index contributed by atoms with van der Waals surface area (Å²) in [5.41, 5.74) is -0.276. The minimum atomic E-state index is -0.999. The summed E-state index contributed by atoms with van der Waals surface area (Å²) in [5.74, 6) is -2.47. The van der Waals surface area contributed by atoms with E-state index in [0.717, 1.165) is 12.1 Å². The first-order chi connectivity index (χ1) is 9.88. The topological polar surface area (TPSA) is 69.6 Å². The average molecular weight is 363 g/mol. The largest absolute Gasteiger partial charge is 0.481 e. The van der Waals surface area contributed by atoms with Crippen LogP contribution in [0, 0.1) is 11.6 Å². The fourth-order valence-electron chi connectivity index (χ4n) is 2.32. The van der Waals surface area contributed by atoms with E-state index in [-0.39, 0.29) is 16.6 Å². The van der Waals surface area contributed by atoms with Crippen molar-refractivity contribution in [2.75, 3.05) is 11.9 Å². The zero-order valence-electron chi connectivity index (χ0n) is 10.9. The number of nitrogens with one attached hydrogen (secondary N) is 1. The molecule has 1 heterocycles. The highest BCUT2D eigenvalue weighted by Gasteiger charge is 2.30. The zero-order valence-corrected chi connectivity index (χ0v) is 12.5. The number of carboxylic acid groups (broad SMARTS) is 1. The van der Waals surface area contributed by atoms with E-state index in [9.17, 15) is 18.4 Å². The van der Waals surface area contributed by atoms with Crippen molar-refractivity contribution in [1.29, 1.82) is 0 Å². The third-order valence-corrected chi connectivity index (χ3v) is 3.91. The van der Waals surface area contributed by atoms with Crippen LogP contribution in [0.5, 0.6) is 0 Å². The third kappa shape index (κ3) is 3.69. The highest BCUT2D eigenvalue weighted by molar-refractivity contribution is 9.10. The minimum absolute atomic E-state index is 0.0390. The van der Waals surface area contributed by atoms with Crippen molar-refractivity contribution in [2.24, 2.45) is 0 Å². The van der Waals surface area contributed by atoms with E-state index in [2.05, 4.69) is 21.2 Å². The maximum atomic E-state index is 13.7. The van der Waals surface area contributed by atoms with Crippen LogP contribution in [0.2, 0.25) is 0 Å². The van der Waals surface area contributed by atoms with Crippen LogP contribution in [0.25, 0.3) is 0 Å². The summed E-state index contributed by atoms with van der Waals surface area (Å²) >= 11 is 2.85. The number of hydrogen-bond donors (Lipinski definition) is 2. The van der Waals surface area contributed by atoms with Gasteiger partial charge in [0, 0.05) is 18.7 Å². The molecule has 114 valence electrons. The Balaban J connectivity index is 2.10. The number of anilines is 1. The number of carbonyl (C=O) groups is 2. The van der Waals surface area contributed by atoms with Gasteiger partial charge in [-0.05, 0) is 34.8 Å². The third-order valence-electron chi connectivity index (χ3n) is 3.30. The lowest BCUT2D eigenvalue weighted by atomic mass is 10.1. The highest BCUT2D eigenvalue weighted by Crippen LogP contribution is 2.25. The van der Waals surface area contributed by atoms with Gasteiger partial charge in [0.2, 0.25) is 0 Å². The smallest absolute Gasteiger partial charge is 0.322 e. The zero-order chi connectivity index (χ0) is 15.6. The number of likely N-dealkylation sites (tertiary alicyclic amines) is 1. The molecule has 1 atom stereocenters. The van der Waals surface area contributed by atoms with Gasteiger partial charge in [-0.2, -0.15) is 0 Å². The molecule has 1 saturated heterocycles. The van der Waals surface area contributed by atoms with E-state index in [1.807, 2.05) is 0 Å². The van der Waals surface area contributed by atoms with E-state index < -0.39 is 29.7 Å². The summed E-state index contributed by atoms with van der Waals surface area (Å²) in [4.78, 5) is 24.2. The standard InChI is InChI=1S/C13H13BrF2N2O3/c14-8-5-10(16)11(6-9(8)15)17-13(21)18-3-1-2-7(18)4-12(19)20/h5-7H,1-4H2,(H,17,21)(H,19,20). The number of nitrogens with zero attached hydrogens (tertiary/aromatic N) is 1. The van der Waals surface area contributed by atoms with Crippen LogP contribution in [0.1, 0.15) is 19.3 Å². The molecule has 0 spiro atoms. The van der Waals surface area contributed by atoms with Crippen LogP contribution in [-0.4, -0.2) is 34.6 Å². The fourth-order valence-corrected chi connectivity index (χ4v) is 2.64. The highest BCUT2D eigenvalue weighted by atomic mass is 79.9. The summed E-state index contributed by atoms with van der Waals surface area (Å²) < 4.78 is 27.0. The Hall–Kier alpha value is -1.70. The predicted molar refractivity (Wildman–Crippen MR) is 75.1 cm³/mol. The Morgan fingerprint density at radius 2 is 2.10 bits per heavy atom. The molecule has 2 rings (SSSR count). The fraction of sp³-hybridized carbons (Fsp3) is 0.385. The van der Waals surface area contributed by atoms with Crippen LogP contribution in [0.15, 0.2) is 16.6 Å². The first-order valence-corrected chi connectivity index (χ1v) is 7.11. The van der Waals surface area contributed by atoms with Crippen molar-refractivity contribution in [1.82, 2.24) is 4.90 Å². The number of amides is 2. The van der Waals surface area contributed by atoms with Crippen molar-refractivity contribution in [3.05, 3.63) is 28.2 Å². The molecule has 1 unspecified atom stereocenters. The van der Waals surface area contributed by atoms with Crippen LogP contribution in [0.3, 0.4) is 0 Å². The van der Waals surface area contributed by atoms with E-state index in [1.165, 1.54) is 4.90 Å². The molecule has 1 aliphatic rings. The predicted octanol–water partition coefficient (Wildman–Crippen LogP) is 3.20. The maximum Gasteiger partial charge on any atom is 0.322 e. The molecule has 0 radical (unpaired) electrons. The summed E-state index contributed by atoms with van der Waals surface area (Å²) in [6, 6.07) is 0.744. The Morgan fingerprint density at radius 3 is 2.76 bits per heavy atom. The molecule has 8 heteroatoms. The molecule has 0 bridgehead atoms. The van der Waals surface area contributed by atoms with E-state index in [4.69, 9.17) is 5.11 Å². The minimum Gasteiger partial charge on any atom is -0.481 e. The van der Waals surface area contributed by atoms with Gasteiger partial charge in [0.15, 0.2) is 0 Å². The van der Waals surface area contributed by atoms with Gasteiger partial charge in [0.1, 0.15) is 11.6 Å². The SMILES string of the molecule is O=C(O)CC1CCCN1C(=O)Nc1cc(F)c(Br)cc1F. The summed E-state index contributed by atoms with van der Waals surface area (Å²) in [6.45, 7) is 0.393.